The first-order valence-corrected chi connectivity index (χ1v) is 10.0. The molecule has 152 valence electrons. The number of hydrogen-bond donors (Lipinski definition) is 2. The number of rotatable bonds is 5. The predicted molar refractivity (Wildman–Crippen MR) is 110 cm³/mol. The van der Waals surface area contributed by atoms with E-state index in [0.29, 0.717) is 36.7 Å². The Morgan fingerprint density at radius 3 is 2.86 bits per heavy atom. The molecule has 0 radical (unpaired) electrons. The maximum absolute atomic E-state index is 12.6. The van der Waals surface area contributed by atoms with Crippen molar-refractivity contribution in [1.29, 1.82) is 5.26 Å². The Hall–Kier alpha value is -3.12. The number of nitriles is 1. The number of nitrogens with one attached hydrogen (secondary N) is 1. The summed E-state index contributed by atoms with van der Waals surface area (Å²) >= 11 is 0. The Kier molecular flexibility index (Phi) is 4.88. The van der Waals surface area contributed by atoms with Crippen LogP contribution in [0.1, 0.15) is 32.6 Å². The fourth-order valence-corrected chi connectivity index (χ4v) is 4.48. The van der Waals surface area contributed by atoms with Crippen LogP contribution in [0.5, 0.6) is 0 Å². The Balaban J connectivity index is 1.94. The molecule has 2 aromatic heterocycles. The molecule has 0 amide bonds. The molecule has 1 unspecified atom stereocenters. The summed E-state index contributed by atoms with van der Waals surface area (Å²) in [5, 5.41) is 9.72. The summed E-state index contributed by atoms with van der Waals surface area (Å²) in [6.45, 7) is 3.80. The van der Waals surface area contributed by atoms with Crippen LogP contribution in [0.4, 0.5) is 5.95 Å². The van der Waals surface area contributed by atoms with Gasteiger partial charge in [-0.05, 0) is 44.7 Å². The molecular formula is C20H25N7O2. The second kappa shape index (κ2) is 7.37. The minimum absolute atomic E-state index is 0.122. The first-order valence-electron chi connectivity index (χ1n) is 10.0. The van der Waals surface area contributed by atoms with Crippen molar-refractivity contribution in [2.24, 2.45) is 18.7 Å². The van der Waals surface area contributed by atoms with Gasteiger partial charge < -0.3 is 15.2 Å². The lowest BCUT2D eigenvalue weighted by atomic mass is 9.82. The number of nitrogens with zero attached hydrogens (tertiary/aromatic N) is 5. The molecular weight excluding hydrogens is 370 g/mol. The van der Waals surface area contributed by atoms with Crippen LogP contribution >= 0.6 is 0 Å². The summed E-state index contributed by atoms with van der Waals surface area (Å²) in [7, 11) is 1.60. The summed E-state index contributed by atoms with van der Waals surface area (Å²) in [5.74, 6) is 0.527. The maximum atomic E-state index is 12.6. The van der Waals surface area contributed by atoms with Gasteiger partial charge >= 0.3 is 5.69 Å². The van der Waals surface area contributed by atoms with Crippen LogP contribution in [0.25, 0.3) is 11.2 Å². The first-order chi connectivity index (χ1) is 14.0. The molecule has 0 fully saturated rings. The van der Waals surface area contributed by atoms with Gasteiger partial charge in [0.2, 0.25) is 5.95 Å². The third-order valence-corrected chi connectivity index (χ3v) is 5.90. The quantitative estimate of drug-likeness (QED) is 0.731. The highest BCUT2D eigenvalue weighted by Gasteiger charge is 2.38. The lowest BCUT2D eigenvalue weighted by Gasteiger charge is -2.40. The number of nitrogens with two attached hydrogens (primary N) is 1. The number of allylic oxidation sites excluding steroid dienone is 3. The van der Waals surface area contributed by atoms with Crippen molar-refractivity contribution >= 4 is 17.1 Å². The van der Waals surface area contributed by atoms with Crippen LogP contribution < -0.4 is 21.9 Å². The fourth-order valence-electron chi connectivity index (χ4n) is 4.48. The minimum Gasteiger partial charge on any atom is -0.330 e. The normalized spacial score (nSPS) is 18.5. The second-order valence-corrected chi connectivity index (χ2v) is 7.52. The van der Waals surface area contributed by atoms with E-state index >= 15 is 0 Å². The molecule has 1 aliphatic carbocycles. The monoisotopic (exact) mass is 395 g/mol. The molecule has 1 aliphatic heterocycles. The molecule has 2 aliphatic rings. The Morgan fingerprint density at radius 2 is 2.17 bits per heavy atom. The largest absolute Gasteiger partial charge is 0.330 e. The molecule has 0 spiro atoms. The molecule has 9 nitrogen and oxygen atoms in total. The van der Waals surface area contributed by atoms with E-state index in [0.717, 1.165) is 37.0 Å². The highest BCUT2D eigenvalue weighted by atomic mass is 16.2. The van der Waals surface area contributed by atoms with Crippen molar-refractivity contribution in [3.63, 3.8) is 0 Å². The van der Waals surface area contributed by atoms with Crippen molar-refractivity contribution < 1.29 is 0 Å². The van der Waals surface area contributed by atoms with E-state index in [4.69, 9.17) is 5.73 Å². The lowest BCUT2D eigenvalue weighted by molar-refractivity contribution is 0.507. The molecule has 2 aromatic rings. The van der Waals surface area contributed by atoms with E-state index in [1.807, 2.05) is 17.6 Å². The Morgan fingerprint density at radius 1 is 1.38 bits per heavy atom. The van der Waals surface area contributed by atoms with Crippen LogP contribution in [0.15, 0.2) is 32.5 Å². The summed E-state index contributed by atoms with van der Waals surface area (Å²) in [4.78, 5) is 33.7. The third-order valence-electron chi connectivity index (χ3n) is 5.90. The molecule has 0 bridgehead atoms. The number of imidazole rings is 1. The number of fused-ring (bicyclic) bond motifs is 4. The van der Waals surface area contributed by atoms with Gasteiger partial charge in [0.1, 0.15) is 0 Å². The Bertz CT molecular complexity index is 1190. The average Bonchev–Trinajstić information content (AvgIpc) is 3.10. The molecule has 4 rings (SSSR count). The van der Waals surface area contributed by atoms with Crippen LogP contribution in [0.2, 0.25) is 0 Å². The van der Waals surface area contributed by atoms with Crippen LogP contribution in [-0.4, -0.2) is 32.2 Å². The third kappa shape index (κ3) is 2.91. The molecule has 9 heteroatoms. The number of anilines is 1. The van der Waals surface area contributed by atoms with Gasteiger partial charge in [-0.1, -0.05) is 6.08 Å². The summed E-state index contributed by atoms with van der Waals surface area (Å²) < 4.78 is 3.20. The van der Waals surface area contributed by atoms with Gasteiger partial charge in [0, 0.05) is 31.4 Å². The number of unbranched alkanes of at least 4 members (excludes halogenated alkanes) is 1. The fraction of sp³-hybridized carbons (Fsp3) is 0.500. The van der Waals surface area contributed by atoms with Crippen LogP contribution in [0, 0.1) is 17.2 Å². The molecule has 0 aromatic carbocycles. The zero-order valence-corrected chi connectivity index (χ0v) is 16.7. The van der Waals surface area contributed by atoms with Crippen molar-refractivity contribution in [3.05, 3.63) is 43.8 Å². The second-order valence-electron chi connectivity index (χ2n) is 7.52. The topological polar surface area (TPSA) is 126 Å². The van der Waals surface area contributed by atoms with E-state index in [1.165, 1.54) is 10.1 Å². The van der Waals surface area contributed by atoms with Crippen molar-refractivity contribution in [3.8, 4) is 6.07 Å². The number of H-pyrrole nitrogens is 1. The van der Waals surface area contributed by atoms with E-state index in [2.05, 4.69) is 20.9 Å². The molecule has 0 saturated heterocycles. The van der Waals surface area contributed by atoms with Gasteiger partial charge in [-0.25, -0.2) is 4.79 Å². The van der Waals surface area contributed by atoms with Gasteiger partial charge in [0.25, 0.3) is 5.56 Å². The van der Waals surface area contributed by atoms with Gasteiger partial charge in [-0.15, -0.1) is 0 Å². The molecule has 3 N–H and O–H groups in total. The smallest absolute Gasteiger partial charge is 0.329 e. The number of aromatic nitrogens is 4. The summed E-state index contributed by atoms with van der Waals surface area (Å²) in [6, 6.07) is 2.35. The first kappa shape index (κ1) is 19.2. The maximum Gasteiger partial charge on any atom is 0.329 e. The van der Waals surface area contributed by atoms with E-state index in [1.54, 1.807) is 7.05 Å². The average molecular weight is 395 g/mol. The van der Waals surface area contributed by atoms with E-state index in [9.17, 15) is 14.9 Å². The highest BCUT2D eigenvalue weighted by molar-refractivity contribution is 5.76. The standard InChI is InChI=1S/C20H25N7O2/c1-3-26-15-12(6-4-5-9-21)7-8-13(10-22)14(15)11-27-16-17(23-19(26)27)25(2)20(29)24-18(16)28/h8,14H,3-7,9,11,21H2,1-2H3,(H,24,28,29). The van der Waals surface area contributed by atoms with Gasteiger partial charge in [0.05, 0.1) is 12.0 Å². The molecule has 29 heavy (non-hydrogen) atoms. The Labute approximate surface area is 167 Å². The molecule has 0 saturated carbocycles. The van der Waals surface area contributed by atoms with Crippen LogP contribution in [-0.2, 0) is 13.6 Å². The molecule has 3 heterocycles. The number of hydrogen-bond acceptors (Lipinski definition) is 6. The predicted octanol–water partition coefficient (Wildman–Crippen LogP) is 1.12. The minimum atomic E-state index is -0.488. The van der Waals surface area contributed by atoms with Crippen LogP contribution in [0.3, 0.4) is 0 Å². The zero-order chi connectivity index (χ0) is 20.7. The van der Waals surface area contributed by atoms with E-state index < -0.39 is 11.2 Å². The van der Waals surface area contributed by atoms with Crippen molar-refractivity contribution in [2.75, 3.05) is 18.0 Å². The van der Waals surface area contributed by atoms with Crippen molar-refractivity contribution in [1.82, 2.24) is 19.1 Å². The van der Waals surface area contributed by atoms with Gasteiger partial charge in [-0.3, -0.25) is 14.3 Å². The number of aryl methyl sites for hydroxylation is 1. The SMILES string of the molecule is CCN1C2=C(CCCCN)CC=C(C#N)C2Cn2c1nc1c2c(=O)[nH]c(=O)n1C. The highest BCUT2D eigenvalue weighted by Crippen LogP contribution is 2.42. The van der Waals surface area contributed by atoms with Gasteiger partial charge in [-0.2, -0.15) is 10.2 Å². The lowest BCUT2D eigenvalue weighted by Crippen LogP contribution is -2.39. The van der Waals surface area contributed by atoms with E-state index in [-0.39, 0.29) is 5.92 Å². The van der Waals surface area contributed by atoms with Gasteiger partial charge in [0.15, 0.2) is 11.2 Å². The zero-order valence-electron chi connectivity index (χ0n) is 16.7. The number of aromatic amines is 1. The van der Waals surface area contributed by atoms with Crippen molar-refractivity contribution in [2.45, 2.75) is 39.2 Å². The molecule has 1 atom stereocenters. The summed E-state index contributed by atoms with van der Waals surface area (Å²) in [5.41, 5.74) is 8.58. The summed E-state index contributed by atoms with van der Waals surface area (Å²) in [6.07, 6.45) is 5.63.